The first kappa shape index (κ1) is 17.7. The van der Waals surface area contributed by atoms with Crippen molar-refractivity contribution in [1.82, 2.24) is 0 Å². The molecule has 6 atom stereocenters. The molecule has 3 nitrogen and oxygen atoms in total. The number of hydrogen-bond donors (Lipinski definition) is 1. The molecular formula is C21H32O3. The third kappa shape index (κ3) is 2.31. The number of hydrogen-bond acceptors (Lipinski definition) is 3. The maximum atomic E-state index is 12.6. The van der Waals surface area contributed by atoms with Crippen LogP contribution in [0.25, 0.3) is 0 Å². The molecular weight excluding hydrogens is 300 g/mol. The highest BCUT2D eigenvalue weighted by molar-refractivity contribution is 5.77. The third-order valence-corrected chi connectivity index (χ3v) is 7.71. The van der Waals surface area contributed by atoms with E-state index in [-0.39, 0.29) is 16.8 Å². The summed E-state index contributed by atoms with van der Waals surface area (Å²) in [6.07, 6.45) is 9.68. The average molecular weight is 332 g/mol. The van der Waals surface area contributed by atoms with Crippen LogP contribution < -0.4 is 0 Å². The van der Waals surface area contributed by atoms with Gasteiger partial charge in [0, 0.05) is 5.41 Å². The maximum Gasteiger partial charge on any atom is 0.311 e. The van der Waals surface area contributed by atoms with Gasteiger partial charge in [-0.2, -0.15) is 0 Å². The van der Waals surface area contributed by atoms with Gasteiger partial charge in [-0.25, -0.2) is 0 Å². The standard InChI is InChI=1S/C21H32O3/c1-6-19(2)13-14-8-9-16-20(3,15(14)12-17(19)22)10-7-11-21(16,4)18(23)24-5/h6,13,15-17,22H,1,7-12H2,2-5H3/t15-,16?,17+,19+,20+,21+/m0/s1. The van der Waals surface area contributed by atoms with Gasteiger partial charge < -0.3 is 9.84 Å². The minimum absolute atomic E-state index is 0.0573. The van der Waals surface area contributed by atoms with E-state index in [1.165, 1.54) is 12.7 Å². The molecule has 2 saturated carbocycles. The van der Waals surface area contributed by atoms with Gasteiger partial charge in [0.05, 0.1) is 18.6 Å². The Morgan fingerprint density at radius 1 is 1.38 bits per heavy atom. The van der Waals surface area contributed by atoms with Gasteiger partial charge in [0.25, 0.3) is 0 Å². The molecule has 2 fully saturated rings. The molecule has 1 N–H and O–H groups in total. The first-order valence-electron chi connectivity index (χ1n) is 9.33. The number of rotatable bonds is 2. The fraction of sp³-hybridized carbons (Fsp3) is 0.762. The Morgan fingerprint density at radius 3 is 2.71 bits per heavy atom. The van der Waals surface area contributed by atoms with Crippen molar-refractivity contribution in [2.45, 2.75) is 65.4 Å². The number of methoxy groups -OCH3 is 1. The molecule has 0 aromatic heterocycles. The van der Waals surface area contributed by atoms with E-state index < -0.39 is 11.5 Å². The summed E-state index contributed by atoms with van der Waals surface area (Å²) in [7, 11) is 1.51. The van der Waals surface area contributed by atoms with E-state index in [2.05, 4.69) is 33.4 Å². The molecule has 1 unspecified atom stereocenters. The molecule has 0 saturated heterocycles. The lowest BCUT2D eigenvalue weighted by molar-refractivity contribution is -0.169. The summed E-state index contributed by atoms with van der Waals surface area (Å²) >= 11 is 0. The molecule has 0 spiro atoms. The Labute approximate surface area is 146 Å². The predicted octanol–water partition coefficient (Wildman–Crippen LogP) is 4.27. The molecule has 3 aliphatic rings. The second-order valence-corrected chi connectivity index (χ2v) is 8.95. The Morgan fingerprint density at radius 2 is 2.08 bits per heavy atom. The summed E-state index contributed by atoms with van der Waals surface area (Å²) in [6.45, 7) is 10.5. The first-order valence-corrected chi connectivity index (χ1v) is 9.33. The highest BCUT2D eigenvalue weighted by Crippen LogP contribution is 2.64. The molecule has 134 valence electrons. The fourth-order valence-electron chi connectivity index (χ4n) is 6.13. The summed E-state index contributed by atoms with van der Waals surface area (Å²) in [5.74, 6) is 0.635. The first-order chi connectivity index (χ1) is 11.2. The number of allylic oxidation sites excluding steroid dienone is 1. The van der Waals surface area contributed by atoms with Gasteiger partial charge in [-0.1, -0.05) is 38.0 Å². The summed E-state index contributed by atoms with van der Waals surface area (Å²) in [4.78, 5) is 12.6. The van der Waals surface area contributed by atoms with Crippen LogP contribution in [0.4, 0.5) is 0 Å². The van der Waals surface area contributed by atoms with Crippen LogP contribution in [0.15, 0.2) is 24.3 Å². The lowest BCUT2D eigenvalue weighted by Crippen LogP contribution is -2.55. The lowest BCUT2D eigenvalue weighted by atomic mass is 9.45. The van der Waals surface area contributed by atoms with E-state index in [1.54, 1.807) is 0 Å². The molecule has 0 heterocycles. The monoisotopic (exact) mass is 332 g/mol. The molecule has 0 amide bonds. The van der Waals surface area contributed by atoms with Gasteiger partial charge in [-0.15, -0.1) is 6.58 Å². The highest BCUT2D eigenvalue weighted by atomic mass is 16.5. The molecule has 24 heavy (non-hydrogen) atoms. The van der Waals surface area contributed by atoms with E-state index in [9.17, 15) is 9.90 Å². The third-order valence-electron chi connectivity index (χ3n) is 7.71. The van der Waals surface area contributed by atoms with Crippen molar-refractivity contribution in [3.63, 3.8) is 0 Å². The van der Waals surface area contributed by atoms with E-state index in [1.807, 2.05) is 6.08 Å². The molecule has 3 aliphatic carbocycles. The fourth-order valence-corrected chi connectivity index (χ4v) is 6.13. The van der Waals surface area contributed by atoms with Crippen LogP contribution in [0.2, 0.25) is 0 Å². The van der Waals surface area contributed by atoms with Crippen LogP contribution in [0.5, 0.6) is 0 Å². The minimum Gasteiger partial charge on any atom is -0.469 e. The van der Waals surface area contributed by atoms with Gasteiger partial charge in [0.15, 0.2) is 0 Å². The zero-order valence-electron chi connectivity index (χ0n) is 15.6. The van der Waals surface area contributed by atoms with Gasteiger partial charge in [0.1, 0.15) is 0 Å². The molecule has 0 aromatic carbocycles. The number of aliphatic hydroxyl groups is 1. The summed E-state index contributed by atoms with van der Waals surface area (Å²) < 4.78 is 5.18. The molecule has 0 aromatic rings. The van der Waals surface area contributed by atoms with Gasteiger partial charge in [-0.05, 0) is 56.3 Å². The number of carbonyl (C=O) groups excluding carboxylic acids is 1. The van der Waals surface area contributed by atoms with Crippen molar-refractivity contribution in [1.29, 1.82) is 0 Å². The Balaban J connectivity index is 2.01. The van der Waals surface area contributed by atoms with E-state index >= 15 is 0 Å². The quantitative estimate of drug-likeness (QED) is 0.607. The van der Waals surface area contributed by atoms with Crippen LogP contribution in [0.3, 0.4) is 0 Å². The van der Waals surface area contributed by atoms with Crippen molar-refractivity contribution in [3.05, 3.63) is 24.3 Å². The molecule has 0 bridgehead atoms. The second kappa shape index (κ2) is 5.72. The predicted molar refractivity (Wildman–Crippen MR) is 95.3 cm³/mol. The maximum absolute atomic E-state index is 12.6. The van der Waals surface area contributed by atoms with Crippen LogP contribution in [0, 0.1) is 28.1 Å². The molecule has 3 heteroatoms. The smallest absolute Gasteiger partial charge is 0.311 e. The topological polar surface area (TPSA) is 46.5 Å². The number of fused-ring (bicyclic) bond motifs is 3. The Kier molecular flexibility index (Phi) is 4.23. The van der Waals surface area contributed by atoms with Crippen molar-refractivity contribution < 1.29 is 14.6 Å². The van der Waals surface area contributed by atoms with Crippen molar-refractivity contribution >= 4 is 5.97 Å². The Hall–Kier alpha value is -1.09. The zero-order valence-corrected chi connectivity index (χ0v) is 15.6. The number of ether oxygens (including phenoxy) is 1. The van der Waals surface area contributed by atoms with Crippen molar-refractivity contribution in [2.24, 2.45) is 28.1 Å². The van der Waals surface area contributed by atoms with E-state index in [0.717, 1.165) is 38.5 Å². The van der Waals surface area contributed by atoms with Gasteiger partial charge in [-0.3, -0.25) is 4.79 Å². The number of aliphatic hydroxyl groups excluding tert-OH is 1. The minimum atomic E-state index is -0.398. The molecule has 3 rings (SSSR count). The second-order valence-electron chi connectivity index (χ2n) is 8.95. The number of esters is 1. The zero-order chi connectivity index (χ0) is 17.8. The largest absolute Gasteiger partial charge is 0.469 e. The van der Waals surface area contributed by atoms with Gasteiger partial charge in [0.2, 0.25) is 0 Å². The summed E-state index contributed by atoms with van der Waals surface area (Å²) in [5.41, 5.74) is 0.817. The van der Waals surface area contributed by atoms with Crippen molar-refractivity contribution in [3.8, 4) is 0 Å². The molecule has 0 radical (unpaired) electrons. The normalized spacial score (nSPS) is 47.9. The summed E-state index contributed by atoms with van der Waals surface area (Å²) in [6, 6.07) is 0. The van der Waals surface area contributed by atoms with Gasteiger partial charge >= 0.3 is 5.97 Å². The highest BCUT2D eigenvalue weighted by Gasteiger charge is 2.59. The molecule has 0 aliphatic heterocycles. The van der Waals surface area contributed by atoms with E-state index in [4.69, 9.17) is 4.74 Å². The average Bonchev–Trinajstić information content (AvgIpc) is 2.55. The lowest BCUT2D eigenvalue weighted by Gasteiger charge is -2.59. The van der Waals surface area contributed by atoms with Crippen LogP contribution in [-0.4, -0.2) is 24.3 Å². The van der Waals surface area contributed by atoms with Crippen molar-refractivity contribution in [2.75, 3.05) is 7.11 Å². The van der Waals surface area contributed by atoms with Crippen LogP contribution in [0.1, 0.15) is 59.3 Å². The Bertz CT molecular complexity index is 580. The SMILES string of the molecule is C=C[C@]1(C)C=C2CCC3[C@](C)(C(=O)OC)CCC[C@]3(C)[C@H]2C[C@H]1O. The summed E-state index contributed by atoms with van der Waals surface area (Å²) in [5, 5.41) is 10.7. The van der Waals surface area contributed by atoms with Crippen LogP contribution >= 0.6 is 0 Å². The van der Waals surface area contributed by atoms with E-state index in [0.29, 0.717) is 11.8 Å². The number of carbonyl (C=O) groups is 1. The van der Waals surface area contributed by atoms with Crippen LogP contribution in [-0.2, 0) is 9.53 Å².